The predicted molar refractivity (Wildman–Crippen MR) is 87.2 cm³/mol. The van der Waals surface area contributed by atoms with Crippen molar-refractivity contribution in [1.29, 1.82) is 0 Å². The number of hydrogen-bond donors (Lipinski definition) is 3. The van der Waals surface area contributed by atoms with Crippen LogP contribution in [0.3, 0.4) is 0 Å². The third-order valence-corrected chi connectivity index (χ3v) is 3.97. The molecular weight excluding hydrogens is 278 g/mol. The maximum Gasteiger partial charge on any atom is 0.136 e. The molecule has 1 aromatic carbocycles. The Labute approximate surface area is 130 Å². The smallest absolute Gasteiger partial charge is 0.136 e. The lowest BCUT2D eigenvalue weighted by Gasteiger charge is -2.32. The van der Waals surface area contributed by atoms with E-state index >= 15 is 0 Å². The van der Waals surface area contributed by atoms with Crippen molar-refractivity contribution >= 4 is 5.84 Å². The van der Waals surface area contributed by atoms with Gasteiger partial charge in [0.1, 0.15) is 17.3 Å². The van der Waals surface area contributed by atoms with E-state index in [2.05, 4.69) is 15.2 Å². The molecule has 1 unspecified atom stereocenters. The number of nitrogens with zero attached hydrogens (tertiary/aromatic N) is 2. The average Bonchev–Trinajstić information content (AvgIpc) is 2.54. The first-order valence-electron chi connectivity index (χ1n) is 7.64. The number of nitrogens with two attached hydrogens (primary N) is 2. The van der Waals surface area contributed by atoms with Crippen LogP contribution in [-0.4, -0.2) is 49.2 Å². The second-order valence-electron chi connectivity index (χ2n) is 5.75. The van der Waals surface area contributed by atoms with Gasteiger partial charge in [0, 0.05) is 31.6 Å². The molecule has 2 aliphatic rings. The molecule has 3 rings (SSSR count). The molecule has 1 atom stereocenters. The van der Waals surface area contributed by atoms with Crippen LogP contribution in [0.1, 0.15) is 12.0 Å². The molecule has 6 nitrogen and oxygen atoms in total. The summed E-state index contributed by atoms with van der Waals surface area (Å²) in [4.78, 5) is 7.04. The van der Waals surface area contributed by atoms with Crippen molar-refractivity contribution in [1.82, 2.24) is 10.2 Å². The summed E-state index contributed by atoms with van der Waals surface area (Å²) in [5.74, 6) is 1.28. The minimum absolute atomic E-state index is 0.554. The molecule has 0 saturated carbocycles. The first-order chi connectivity index (χ1) is 10.6. The molecule has 5 N–H and O–H groups in total. The number of hydrogen-bond acceptors (Lipinski definition) is 6. The molecular formula is C16H23N5O. The normalized spacial score (nSPS) is 26.0. The second-order valence-corrected chi connectivity index (χ2v) is 5.75. The first-order valence-corrected chi connectivity index (χ1v) is 7.64. The Bertz CT molecular complexity index is 565. The predicted octanol–water partition coefficient (Wildman–Crippen LogP) is 0.214. The molecule has 2 aliphatic heterocycles. The summed E-state index contributed by atoms with van der Waals surface area (Å²) >= 11 is 0. The zero-order valence-electron chi connectivity index (χ0n) is 12.7. The summed E-state index contributed by atoms with van der Waals surface area (Å²) < 4.78 is 5.37. The van der Waals surface area contributed by atoms with Gasteiger partial charge in [0.05, 0.1) is 13.2 Å². The van der Waals surface area contributed by atoms with Gasteiger partial charge in [-0.15, -0.1) is 0 Å². The lowest BCUT2D eigenvalue weighted by molar-refractivity contribution is 0.0355. The van der Waals surface area contributed by atoms with Crippen LogP contribution >= 0.6 is 0 Å². The van der Waals surface area contributed by atoms with Gasteiger partial charge in [-0.05, 0) is 6.08 Å². The largest absolute Gasteiger partial charge is 0.385 e. The zero-order valence-corrected chi connectivity index (χ0v) is 12.7. The van der Waals surface area contributed by atoms with E-state index in [0.717, 1.165) is 50.7 Å². The Morgan fingerprint density at radius 2 is 1.95 bits per heavy atom. The quantitative estimate of drug-likeness (QED) is 0.740. The summed E-state index contributed by atoms with van der Waals surface area (Å²) in [5, 5.41) is 3.10. The molecule has 0 aromatic heterocycles. The van der Waals surface area contributed by atoms with Crippen LogP contribution in [0.4, 0.5) is 0 Å². The number of benzene rings is 1. The highest BCUT2D eigenvalue weighted by atomic mass is 16.5. The Hall–Kier alpha value is -1.89. The third-order valence-electron chi connectivity index (χ3n) is 3.97. The molecule has 0 aliphatic carbocycles. The Kier molecular flexibility index (Phi) is 4.42. The van der Waals surface area contributed by atoms with Crippen LogP contribution in [0.2, 0.25) is 0 Å². The second kappa shape index (κ2) is 6.48. The lowest BCUT2D eigenvalue weighted by Crippen LogP contribution is -2.48. The molecule has 1 aromatic rings. The van der Waals surface area contributed by atoms with Gasteiger partial charge in [0.25, 0.3) is 0 Å². The van der Waals surface area contributed by atoms with E-state index in [1.54, 1.807) is 6.08 Å². The fourth-order valence-electron chi connectivity index (χ4n) is 2.73. The molecule has 1 saturated heterocycles. The van der Waals surface area contributed by atoms with Crippen LogP contribution in [0, 0.1) is 0 Å². The van der Waals surface area contributed by atoms with E-state index in [9.17, 15) is 0 Å². The van der Waals surface area contributed by atoms with Crippen LogP contribution in [-0.2, 0) is 4.74 Å². The van der Waals surface area contributed by atoms with E-state index in [1.807, 2.05) is 30.3 Å². The van der Waals surface area contributed by atoms with Crippen molar-refractivity contribution < 1.29 is 4.74 Å². The number of amidine groups is 1. The number of nitrogens with one attached hydrogen (secondary N) is 1. The molecule has 0 amide bonds. The summed E-state index contributed by atoms with van der Waals surface area (Å²) in [6, 6.07) is 9.90. The van der Waals surface area contributed by atoms with Crippen LogP contribution in [0.5, 0.6) is 0 Å². The van der Waals surface area contributed by atoms with Crippen LogP contribution < -0.4 is 16.8 Å². The number of aliphatic imine (C=N–C) groups is 1. The highest BCUT2D eigenvalue weighted by molar-refractivity contribution is 6.00. The van der Waals surface area contributed by atoms with Gasteiger partial charge in [-0.2, -0.15) is 0 Å². The summed E-state index contributed by atoms with van der Waals surface area (Å²) in [6.45, 7) is 4.35. The molecule has 22 heavy (non-hydrogen) atoms. The molecule has 0 spiro atoms. The van der Waals surface area contributed by atoms with Crippen molar-refractivity contribution in [3.05, 3.63) is 47.8 Å². The van der Waals surface area contributed by atoms with E-state index in [-0.39, 0.29) is 0 Å². The molecule has 1 fully saturated rings. The van der Waals surface area contributed by atoms with Gasteiger partial charge < -0.3 is 21.5 Å². The standard InChI is InChI=1S/C16H23N5O/c17-14-12-16(18,6-7-21-8-10-22-11-9-21)20-15(19-14)13-4-2-1-3-5-13/h1-5,12H,6-11,17-18H2,(H,19,20). The van der Waals surface area contributed by atoms with Crippen molar-refractivity contribution in [2.24, 2.45) is 16.5 Å². The Balaban J connectivity index is 1.72. The van der Waals surface area contributed by atoms with Gasteiger partial charge in [-0.3, -0.25) is 4.90 Å². The summed E-state index contributed by atoms with van der Waals surface area (Å²) in [6.07, 6.45) is 2.53. The van der Waals surface area contributed by atoms with E-state index in [1.165, 1.54) is 0 Å². The van der Waals surface area contributed by atoms with Gasteiger partial charge >= 0.3 is 0 Å². The van der Waals surface area contributed by atoms with Crippen molar-refractivity contribution in [3.63, 3.8) is 0 Å². The minimum atomic E-state index is -0.765. The highest BCUT2D eigenvalue weighted by Gasteiger charge is 2.28. The monoisotopic (exact) mass is 301 g/mol. The van der Waals surface area contributed by atoms with Crippen molar-refractivity contribution in [2.45, 2.75) is 12.1 Å². The third kappa shape index (κ3) is 3.65. The van der Waals surface area contributed by atoms with Gasteiger partial charge in [0.2, 0.25) is 0 Å². The molecule has 6 heteroatoms. The number of rotatable bonds is 4. The fourth-order valence-corrected chi connectivity index (χ4v) is 2.73. The van der Waals surface area contributed by atoms with E-state index < -0.39 is 5.66 Å². The number of ether oxygens (including phenoxy) is 1. The van der Waals surface area contributed by atoms with Gasteiger partial charge in [-0.25, -0.2) is 4.99 Å². The van der Waals surface area contributed by atoms with Crippen LogP contribution in [0.15, 0.2) is 47.2 Å². The Morgan fingerprint density at radius 1 is 1.23 bits per heavy atom. The SMILES string of the molecule is NC1=CC(N)(CCN2CCOCC2)N=C(c2ccccc2)N1. The Morgan fingerprint density at radius 3 is 2.68 bits per heavy atom. The maximum absolute atomic E-state index is 6.45. The zero-order chi connectivity index (χ0) is 15.4. The van der Waals surface area contributed by atoms with Crippen LogP contribution in [0.25, 0.3) is 0 Å². The van der Waals surface area contributed by atoms with E-state index in [4.69, 9.17) is 16.2 Å². The molecule has 2 heterocycles. The van der Waals surface area contributed by atoms with Crippen molar-refractivity contribution in [3.8, 4) is 0 Å². The first kappa shape index (κ1) is 15.0. The average molecular weight is 301 g/mol. The molecule has 0 bridgehead atoms. The highest BCUT2D eigenvalue weighted by Crippen LogP contribution is 2.18. The maximum atomic E-state index is 6.45. The minimum Gasteiger partial charge on any atom is -0.385 e. The summed E-state index contributed by atoms with van der Waals surface area (Å²) in [5.41, 5.74) is 12.7. The fraction of sp³-hybridized carbons (Fsp3) is 0.438. The van der Waals surface area contributed by atoms with E-state index in [0.29, 0.717) is 5.82 Å². The topological polar surface area (TPSA) is 88.9 Å². The van der Waals surface area contributed by atoms with Gasteiger partial charge in [0.15, 0.2) is 0 Å². The summed E-state index contributed by atoms with van der Waals surface area (Å²) in [7, 11) is 0. The van der Waals surface area contributed by atoms with Gasteiger partial charge in [-0.1, -0.05) is 30.3 Å². The molecule has 118 valence electrons. The molecule has 0 radical (unpaired) electrons. The van der Waals surface area contributed by atoms with Crippen molar-refractivity contribution in [2.75, 3.05) is 32.8 Å². The lowest BCUT2D eigenvalue weighted by atomic mass is 10.0. The number of morpholine rings is 1.